The topological polar surface area (TPSA) is 122 Å². The molecule has 0 aromatic rings. The summed E-state index contributed by atoms with van der Waals surface area (Å²) in [6.45, 7) is -0.466. The molecule has 2 radical (unpaired) electrons. The van der Waals surface area contributed by atoms with E-state index in [0.717, 1.165) is 0 Å². The number of hydrogen-bond donors (Lipinski definition) is 4. The number of nitrogens with zero attached hydrogens (tertiary/aromatic N) is 1. The zero-order valence-corrected chi connectivity index (χ0v) is 14.8. The van der Waals surface area contributed by atoms with Gasteiger partial charge in [0, 0.05) is 0 Å². The molecular weight excluding hydrogens is 416 g/mol. The van der Waals surface area contributed by atoms with Crippen LogP contribution < -0.4 is 11.1 Å². The average Bonchev–Trinajstić information content (AvgIpc) is 2.38. The standard InChI is InChI=1S/C10H15N3O4SSe2/c11-5(10(17)20)1-2-7(19)13-6(4-18)9(16)12-3-8(14)15/h5-6,18H,1-4,11H2,(H,12,16)(H,14,15)/t5-,6-/m0/s1. The first-order valence-electron chi connectivity index (χ1n) is 5.58. The van der Waals surface area contributed by atoms with Crippen LogP contribution in [-0.4, -0.2) is 82.7 Å². The molecule has 0 aliphatic rings. The number of thiol groups is 1. The molecule has 4 N–H and O–H groups in total. The summed E-state index contributed by atoms with van der Waals surface area (Å²) in [5.74, 6) is -1.50. The number of rotatable bonds is 9. The van der Waals surface area contributed by atoms with E-state index in [2.05, 4.69) is 55.0 Å². The van der Waals surface area contributed by atoms with Gasteiger partial charge in [-0.15, -0.1) is 0 Å². The van der Waals surface area contributed by atoms with Crippen LogP contribution in [0.25, 0.3) is 0 Å². The first-order valence-corrected chi connectivity index (χ1v) is 7.93. The number of carboxylic acid groups (broad SMARTS) is 1. The fourth-order valence-electron chi connectivity index (χ4n) is 1.10. The van der Waals surface area contributed by atoms with Gasteiger partial charge < -0.3 is 0 Å². The fraction of sp³-hybridized carbons (Fsp3) is 0.600. The van der Waals surface area contributed by atoms with Crippen molar-refractivity contribution in [1.82, 2.24) is 5.32 Å². The predicted octanol–water partition coefficient (Wildman–Crippen LogP) is -2.14. The van der Waals surface area contributed by atoms with Crippen LogP contribution in [0.5, 0.6) is 0 Å². The van der Waals surface area contributed by atoms with E-state index in [-0.39, 0.29) is 10.4 Å². The molecule has 2 atom stereocenters. The monoisotopic (exact) mass is 433 g/mol. The Morgan fingerprint density at radius 3 is 2.40 bits per heavy atom. The van der Waals surface area contributed by atoms with E-state index >= 15 is 0 Å². The molecule has 0 fully saturated rings. The van der Waals surface area contributed by atoms with E-state index in [1.807, 2.05) is 0 Å². The molecule has 0 aromatic carbocycles. The second-order valence-electron chi connectivity index (χ2n) is 3.80. The molecule has 20 heavy (non-hydrogen) atoms. The molecule has 0 saturated carbocycles. The number of hydrogen-bond acceptors (Lipinski definition) is 6. The Kier molecular flexibility index (Phi) is 10.2. The molecule has 0 spiro atoms. The van der Waals surface area contributed by atoms with E-state index in [1.54, 1.807) is 0 Å². The molecule has 0 bridgehead atoms. The molecule has 0 saturated heterocycles. The second-order valence-corrected chi connectivity index (χ2v) is 6.00. The zero-order valence-electron chi connectivity index (χ0n) is 10.4. The summed E-state index contributed by atoms with van der Waals surface area (Å²) in [4.78, 5) is 37.0. The third-order valence-electron chi connectivity index (χ3n) is 2.16. The number of nitrogens with one attached hydrogen (secondary N) is 1. The van der Waals surface area contributed by atoms with Crippen molar-refractivity contribution in [1.29, 1.82) is 0 Å². The number of carbonyl (C=O) groups is 3. The van der Waals surface area contributed by atoms with Crippen molar-refractivity contribution in [3.05, 3.63) is 0 Å². The molecule has 0 unspecified atom stereocenters. The average molecular weight is 431 g/mol. The van der Waals surface area contributed by atoms with Crippen LogP contribution in [0.1, 0.15) is 12.8 Å². The van der Waals surface area contributed by atoms with Gasteiger partial charge in [0.15, 0.2) is 0 Å². The fourth-order valence-corrected chi connectivity index (χ4v) is 2.11. The second kappa shape index (κ2) is 10.4. The van der Waals surface area contributed by atoms with Crippen LogP contribution in [0.4, 0.5) is 0 Å². The maximum atomic E-state index is 11.6. The van der Waals surface area contributed by atoms with Crippen LogP contribution in [-0.2, 0) is 14.4 Å². The number of carboxylic acids is 1. The molecule has 0 aromatic heterocycles. The number of aliphatic imine (C=N–C) groups is 1. The Hall–Kier alpha value is -0.371. The van der Waals surface area contributed by atoms with Gasteiger partial charge in [0.05, 0.1) is 0 Å². The van der Waals surface area contributed by atoms with Crippen molar-refractivity contribution in [2.24, 2.45) is 10.7 Å². The predicted molar refractivity (Wildman–Crippen MR) is 79.4 cm³/mol. The first kappa shape index (κ1) is 19.6. The van der Waals surface area contributed by atoms with Crippen LogP contribution in [0.2, 0.25) is 0 Å². The summed E-state index contributed by atoms with van der Waals surface area (Å²) in [6.07, 6.45) is 0.818. The number of nitrogens with two attached hydrogens (primary N) is 1. The Balaban J connectivity index is 4.43. The quantitative estimate of drug-likeness (QED) is 0.189. The van der Waals surface area contributed by atoms with Crippen LogP contribution in [0.3, 0.4) is 0 Å². The molecule has 10 heteroatoms. The van der Waals surface area contributed by atoms with E-state index in [0.29, 0.717) is 17.5 Å². The van der Waals surface area contributed by atoms with Crippen LogP contribution in [0.15, 0.2) is 4.99 Å². The molecule has 0 rings (SSSR count). The third kappa shape index (κ3) is 8.73. The Labute approximate surface area is 138 Å². The van der Waals surface area contributed by atoms with Gasteiger partial charge in [-0.3, -0.25) is 0 Å². The van der Waals surface area contributed by atoms with Gasteiger partial charge in [-0.1, -0.05) is 0 Å². The van der Waals surface area contributed by atoms with Gasteiger partial charge in [0.1, 0.15) is 0 Å². The van der Waals surface area contributed by atoms with Gasteiger partial charge in [-0.25, -0.2) is 0 Å². The Bertz CT molecular complexity index is 406. The number of amides is 1. The summed E-state index contributed by atoms with van der Waals surface area (Å²) in [6, 6.07) is -1.39. The van der Waals surface area contributed by atoms with E-state index < -0.39 is 30.5 Å². The van der Waals surface area contributed by atoms with Crippen molar-refractivity contribution in [3.63, 3.8) is 0 Å². The van der Waals surface area contributed by atoms with Crippen molar-refractivity contribution in [3.8, 4) is 0 Å². The van der Waals surface area contributed by atoms with Gasteiger partial charge in [-0.2, -0.15) is 0 Å². The summed E-state index contributed by atoms with van der Waals surface area (Å²) in [5.41, 5.74) is 5.56. The number of aliphatic carboxylic acids is 1. The number of carbonyl (C=O) groups excluding carboxylic acids is 2. The van der Waals surface area contributed by atoms with Crippen LogP contribution in [0, 0.1) is 0 Å². The normalized spacial score (nSPS) is 14.4. The van der Waals surface area contributed by atoms with Crippen LogP contribution >= 0.6 is 12.6 Å². The molecular formula is C10H15N3O4SSe2. The Morgan fingerprint density at radius 2 is 1.95 bits per heavy atom. The third-order valence-corrected chi connectivity index (χ3v) is 3.79. The summed E-state index contributed by atoms with van der Waals surface area (Å²) >= 11 is 9.02. The Morgan fingerprint density at radius 1 is 1.35 bits per heavy atom. The first-order chi connectivity index (χ1) is 9.27. The van der Waals surface area contributed by atoms with Gasteiger partial charge in [-0.05, 0) is 0 Å². The summed E-state index contributed by atoms with van der Waals surface area (Å²) < 4.78 is 0.300. The molecule has 1 amide bonds. The van der Waals surface area contributed by atoms with Crippen molar-refractivity contribution >= 4 is 65.8 Å². The van der Waals surface area contributed by atoms with E-state index in [9.17, 15) is 14.4 Å². The van der Waals surface area contributed by atoms with Gasteiger partial charge >= 0.3 is 139 Å². The van der Waals surface area contributed by atoms with Gasteiger partial charge in [0.25, 0.3) is 0 Å². The van der Waals surface area contributed by atoms with E-state index in [4.69, 9.17) is 10.8 Å². The molecule has 112 valence electrons. The van der Waals surface area contributed by atoms with Crippen molar-refractivity contribution in [2.75, 3.05) is 12.3 Å². The summed E-state index contributed by atoms with van der Waals surface area (Å²) in [5, 5.41) is 10.7. The van der Waals surface area contributed by atoms with Gasteiger partial charge in [0.2, 0.25) is 0 Å². The van der Waals surface area contributed by atoms with Crippen molar-refractivity contribution in [2.45, 2.75) is 24.9 Å². The minimum absolute atomic E-state index is 0.142. The SMILES string of the molecule is N[C@@H](CCC([Se])=N[C@@H](CS)C(=O)NCC(=O)O)C(=O)[Se]. The molecule has 7 nitrogen and oxygen atoms in total. The van der Waals surface area contributed by atoms with E-state index in [1.165, 1.54) is 0 Å². The molecule has 0 aliphatic heterocycles. The molecule has 0 aliphatic carbocycles. The maximum absolute atomic E-state index is 11.6. The molecule has 0 heterocycles. The summed E-state index contributed by atoms with van der Waals surface area (Å²) in [7, 11) is 0. The zero-order chi connectivity index (χ0) is 15.7. The van der Waals surface area contributed by atoms with Crippen molar-refractivity contribution < 1.29 is 19.5 Å². The minimum atomic E-state index is -1.13.